The summed E-state index contributed by atoms with van der Waals surface area (Å²) in [5, 5.41) is 4.53. The number of nitrogens with one attached hydrogen (secondary N) is 1. The smallest absolute Gasteiger partial charge is 0.264 e. The van der Waals surface area contributed by atoms with Crippen molar-refractivity contribution in [2.75, 3.05) is 18.9 Å². The number of likely N-dealkylation sites (N-methyl/N-ethyl adjacent to an activating group) is 1. The number of halogens is 1. The Morgan fingerprint density at radius 2 is 2.14 bits per heavy atom. The van der Waals surface area contributed by atoms with Gasteiger partial charge in [0.05, 0.1) is 17.1 Å². The van der Waals surface area contributed by atoms with Gasteiger partial charge >= 0.3 is 0 Å². The second-order valence-corrected chi connectivity index (χ2v) is 6.56. The zero-order valence-electron chi connectivity index (χ0n) is 11.6. The number of nitrogens with zero attached hydrogens (tertiary/aromatic N) is 2. The van der Waals surface area contributed by atoms with E-state index in [1.807, 2.05) is 24.4 Å². The number of anilines is 1. The molecular formula is C14H14IN3O2S. The number of pyridine rings is 1. The Kier molecular flexibility index (Phi) is 5.29. The summed E-state index contributed by atoms with van der Waals surface area (Å²) in [5.41, 5.74) is 0.858. The predicted molar refractivity (Wildman–Crippen MR) is 91.6 cm³/mol. The van der Waals surface area contributed by atoms with Crippen LogP contribution in [0.25, 0.3) is 0 Å². The van der Waals surface area contributed by atoms with Crippen molar-refractivity contribution < 1.29 is 9.59 Å². The highest BCUT2D eigenvalue weighted by Gasteiger charge is 2.16. The predicted octanol–water partition coefficient (Wildman–Crippen LogP) is 2.77. The van der Waals surface area contributed by atoms with E-state index >= 15 is 0 Å². The second-order valence-electron chi connectivity index (χ2n) is 4.45. The molecule has 0 aliphatic rings. The molecule has 2 aromatic heterocycles. The van der Waals surface area contributed by atoms with Crippen molar-refractivity contribution in [2.24, 2.45) is 0 Å². The molecule has 2 amide bonds. The maximum atomic E-state index is 12.0. The van der Waals surface area contributed by atoms with E-state index in [0.717, 1.165) is 9.26 Å². The van der Waals surface area contributed by atoms with E-state index in [1.54, 1.807) is 19.2 Å². The largest absolute Gasteiger partial charge is 0.332 e. The molecule has 0 bridgehead atoms. The van der Waals surface area contributed by atoms with E-state index in [0.29, 0.717) is 10.7 Å². The number of amides is 2. The van der Waals surface area contributed by atoms with Crippen LogP contribution in [0.1, 0.15) is 15.4 Å². The van der Waals surface area contributed by atoms with Gasteiger partial charge in [0.25, 0.3) is 5.91 Å². The number of carbonyl (C=O) groups excluding carboxylic acids is 2. The molecule has 0 aliphatic carbocycles. The van der Waals surface area contributed by atoms with Gasteiger partial charge in [-0.05, 0) is 53.1 Å². The standard InChI is InChI=1S/C14H14IN3O2S/c1-9-10(15)5-6-12(16-9)17-13(19)8-18(2)14(20)11-4-3-7-21-11/h3-7H,8H2,1-2H3,(H,16,17,19). The maximum Gasteiger partial charge on any atom is 0.264 e. The third-order valence-electron chi connectivity index (χ3n) is 2.75. The van der Waals surface area contributed by atoms with Crippen LogP contribution >= 0.6 is 33.9 Å². The molecule has 0 fully saturated rings. The average molecular weight is 415 g/mol. The summed E-state index contributed by atoms with van der Waals surface area (Å²) >= 11 is 3.54. The molecule has 1 N–H and O–H groups in total. The topological polar surface area (TPSA) is 62.3 Å². The monoisotopic (exact) mass is 415 g/mol. The number of rotatable bonds is 4. The van der Waals surface area contributed by atoms with Gasteiger partial charge in [-0.25, -0.2) is 4.98 Å². The Labute approximate surface area is 140 Å². The van der Waals surface area contributed by atoms with Crippen LogP contribution in [0.4, 0.5) is 5.82 Å². The van der Waals surface area contributed by atoms with E-state index in [9.17, 15) is 9.59 Å². The van der Waals surface area contributed by atoms with Gasteiger partial charge in [-0.3, -0.25) is 9.59 Å². The van der Waals surface area contributed by atoms with Crippen LogP contribution in [-0.4, -0.2) is 35.3 Å². The van der Waals surface area contributed by atoms with Gasteiger partial charge in [0.1, 0.15) is 5.82 Å². The summed E-state index contributed by atoms with van der Waals surface area (Å²) in [7, 11) is 1.61. The average Bonchev–Trinajstić information content (AvgIpc) is 2.96. The van der Waals surface area contributed by atoms with Crippen molar-refractivity contribution in [3.63, 3.8) is 0 Å². The van der Waals surface area contributed by atoms with Crippen molar-refractivity contribution in [2.45, 2.75) is 6.92 Å². The molecule has 21 heavy (non-hydrogen) atoms. The SMILES string of the molecule is Cc1nc(NC(=O)CN(C)C(=O)c2cccs2)ccc1I. The van der Waals surface area contributed by atoms with E-state index in [4.69, 9.17) is 0 Å². The molecule has 2 aromatic rings. The normalized spacial score (nSPS) is 10.2. The lowest BCUT2D eigenvalue weighted by atomic mass is 10.3. The highest BCUT2D eigenvalue weighted by molar-refractivity contribution is 14.1. The molecule has 0 radical (unpaired) electrons. The summed E-state index contributed by atoms with van der Waals surface area (Å²) in [6.45, 7) is 1.87. The van der Waals surface area contributed by atoms with Crippen LogP contribution in [0.3, 0.4) is 0 Å². The third-order valence-corrected chi connectivity index (χ3v) is 4.75. The van der Waals surface area contributed by atoms with Gasteiger partial charge in [-0.2, -0.15) is 0 Å². The summed E-state index contributed by atoms with van der Waals surface area (Å²) < 4.78 is 1.04. The molecule has 110 valence electrons. The van der Waals surface area contributed by atoms with Crippen molar-refractivity contribution in [1.82, 2.24) is 9.88 Å². The van der Waals surface area contributed by atoms with Crippen molar-refractivity contribution in [1.29, 1.82) is 0 Å². The van der Waals surface area contributed by atoms with Crippen LogP contribution in [0.15, 0.2) is 29.6 Å². The van der Waals surface area contributed by atoms with E-state index < -0.39 is 0 Å². The molecule has 5 nitrogen and oxygen atoms in total. The van der Waals surface area contributed by atoms with E-state index in [-0.39, 0.29) is 18.4 Å². The van der Waals surface area contributed by atoms with Gasteiger partial charge in [0, 0.05) is 10.6 Å². The zero-order valence-corrected chi connectivity index (χ0v) is 14.6. The molecular weight excluding hydrogens is 401 g/mol. The molecule has 0 aromatic carbocycles. The lowest BCUT2D eigenvalue weighted by Crippen LogP contribution is -2.34. The molecule has 0 saturated carbocycles. The second kappa shape index (κ2) is 6.99. The van der Waals surface area contributed by atoms with Crippen molar-refractivity contribution >= 4 is 51.6 Å². The van der Waals surface area contributed by atoms with Crippen molar-refractivity contribution in [3.05, 3.63) is 43.8 Å². The zero-order chi connectivity index (χ0) is 15.4. The molecule has 0 spiro atoms. The lowest BCUT2D eigenvalue weighted by molar-refractivity contribution is -0.116. The number of thiophene rings is 1. The fourth-order valence-corrected chi connectivity index (χ4v) is 2.69. The molecule has 0 aliphatic heterocycles. The number of aromatic nitrogens is 1. The quantitative estimate of drug-likeness (QED) is 0.782. The molecule has 2 rings (SSSR count). The van der Waals surface area contributed by atoms with E-state index in [2.05, 4.69) is 32.9 Å². The summed E-state index contributed by atoms with van der Waals surface area (Å²) in [4.78, 5) is 30.3. The summed E-state index contributed by atoms with van der Waals surface area (Å²) in [5.74, 6) is 0.0669. The van der Waals surface area contributed by atoms with E-state index in [1.165, 1.54) is 16.2 Å². The van der Waals surface area contributed by atoms with Crippen LogP contribution in [0, 0.1) is 10.5 Å². The molecule has 0 unspecified atom stereocenters. The fourth-order valence-electron chi connectivity index (χ4n) is 1.67. The number of carbonyl (C=O) groups is 2. The molecule has 7 heteroatoms. The number of aryl methyl sites for hydroxylation is 1. The highest BCUT2D eigenvalue weighted by Crippen LogP contribution is 2.13. The fraction of sp³-hybridized carbons (Fsp3) is 0.214. The minimum Gasteiger partial charge on any atom is -0.332 e. The van der Waals surface area contributed by atoms with Crippen LogP contribution in [0.2, 0.25) is 0 Å². The highest BCUT2D eigenvalue weighted by atomic mass is 127. The van der Waals surface area contributed by atoms with Crippen molar-refractivity contribution in [3.8, 4) is 0 Å². The molecule has 0 atom stereocenters. The van der Waals surface area contributed by atoms with Gasteiger partial charge in [0.2, 0.25) is 5.91 Å². The molecule has 2 heterocycles. The van der Waals surface area contributed by atoms with Gasteiger partial charge in [-0.1, -0.05) is 6.07 Å². The summed E-state index contributed by atoms with van der Waals surface area (Å²) in [6.07, 6.45) is 0. The van der Waals surface area contributed by atoms with Crippen LogP contribution in [-0.2, 0) is 4.79 Å². The Morgan fingerprint density at radius 3 is 2.76 bits per heavy atom. The van der Waals surface area contributed by atoms with Gasteiger partial charge in [0.15, 0.2) is 0 Å². The minimum absolute atomic E-state index is 0.0105. The first-order chi connectivity index (χ1) is 9.97. The number of hydrogen-bond donors (Lipinski definition) is 1. The van der Waals surface area contributed by atoms with Crippen LogP contribution in [0.5, 0.6) is 0 Å². The Morgan fingerprint density at radius 1 is 1.38 bits per heavy atom. The Bertz CT molecular complexity index is 658. The first-order valence-electron chi connectivity index (χ1n) is 6.19. The maximum absolute atomic E-state index is 12.0. The Balaban J connectivity index is 1.95. The number of hydrogen-bond acceptors (Lipinski definition) is 4. The third kappa shape index (κ3) is 4.24. The summed E-state index contributed by atoms with van der Waals surface area (Å²) in [6, 6.07) is 7.18. The Hall–Kier alpha value is -1.48. The first kappa shape index (κ1) is 15.9. The van der Waals surface area contributed by atoms with Gasteiger partial charge < -0.3 is 10.2 Å². The minimum atomic E-state index is -0.268. The first-order valence-corrected chi connectivity index (χ1v) is 8.15. The molecule has 0 saturated heterocycles. The van der Waals surface area contributed by atoms with Gasteiger partial charge in [-0.15, -0.1) is 11.3 Å². The van der Waals surface area contributed by atoms with Crippen LogP contribution < -0.4 is 5.32 Å². The lowest BCUT2D eigenvalue weighted by Gasteiger charge is -2.15.